The molecule has 0 aliphatic heterocycles. The molecular formula is C16H12N2Y3-6. The van der Waals surface area contributed by atoms with Crippen LogP contribution in [-0.4, -0.2) is 11.4 Å². The van der Waals surface area contributed by atoms with E-state index in [0.29, 0.717) is 11.1 Å². The third-order valence-electron chi connectivity index (χ3n) is 2.13. The normalized spacial score (nSPS) is 15.0. The predicted octanol–water partition coefficient (Wildman–Crippen LogP) is 3.34. The largest absolute Gasteiger partial charge is 0.865 e. The van der Waals surface area contributed by atoms with Crippen molar-refractivity contribution in [2.24, 2.45) is 0 Å². The summed E-state index contributed by atoms with van der Waals surface area (Å²) < 4.78 is 0. The molecule has 101 valence electrons. The van der Waals surface area contributed by atoms with Crippen LogP contribution in [0.2, 0.25) is 0 Å². The first kappa shape index (κ1) is 27.0. The molecule has 1 aliphatic carbocycles. The maximum absolute atomic E-state index is 9.79. The van der Waals surface area contributed by atoms with Gasteiger partial charge >= 0.3 is 0 Å². The van der Waals surface area contributed by atoms with Crippen LogP contribution in [0.25, 0.3) is 10.8 Å². The van der Waals surface area contributed by atoms with Crippen molar-refractivity contribution in [1.82, 2.24) is 0 Å². The molecule has 0 spiro atoms. The molecule has 0 N–H and O–H groups in total. The zero-order chi connectivity index (χ0) is 13.4. The number of allylic oxidation sites excluding steroid dienone is 12. The summed E-state index contributed by atoms with van der Waals surface area (Å²) in [4.78, 5) is 0. The maximum Gasteiger partial charge on any atom is 0 e. The van der Waals surface area contributed by atoms with E-state index in [0.717, 1.165) is 0 Å². The Morgan fingerprint density at radius 1 is 0.714 bits per heavy atom. The van der Waals surface area contributed by atoms with Gasteiger partial charge in [0.1, 0.15) is 0 Å². The molecule has 0 amide bonds. The van der Waals surface area contributed by atoms with Crippen LogP contribution in [0.3, 0.4) is 0 Å². The fourth-order valence-corrected chi connectivity index (χ4v) is 1.24. The van der Waals surface area contributed by atoms with Crippen LogP contribution < -0.4 is 0 Å². The Bertz CT molecular complexity index is 474. The second kappa shape index (κ2) is 16.0. The molecule has 3 radical (unpaired) electrons. The first-order valence-electron chi connectivity index (χ1n) is 5.43. The van der Waals surface area contributed by atoms with Gasteiger partial charge in [0.05, 0.1) is 0 Å². The average Bonchev–Trinajstić information content (AvgIpc) is 2.37. The molecule has 1 aliphatic rings. The summed E-state index contributed by atoms with van der Waals surface area (Å²) in [6.45, 7) is 3.52. The Hall–Kier alpha value is 1.09. The summed E-state index contributed by atoms with van der Waals surface area (Å²) >= 11 is 0. The Kier molecular flexibility index (Phi) is 20.5. The van der Waals surface area contributed by atoms with Gasteiger partial charge in [-0.3, -0.25) is 12.2 Å². The molecule has 0 bridgehead atoms. The molecule has 0 aromatic carbocycles. The predicted molar refractivity (Wildman–Crippen MR) is 75.5 cm³/mol. The second-order valence-electron chi connectivity index (χ2n) is 3.39. The molecule has 2 nitrogen and oxygen atoms in total. The summed E-state index contributed by atoms with van der Waals surface area (Å²) in [5, 5.41) is 19.6. The summed E-state index contributed by atoms with van der Waals surface area (Å²) in [7, 11) is 0. The molecule has 5 heteroatoms. The van der Waals surface area contributed by atoms with Crippen LogP contribution in [0, 0.1) is 24.3 Å². The minimum Gasteiger partial charge on any atom is -0.865 e. The van der Waals surface area contributed by atoms with Crippen LogP contribution in [0.5, 0.6) is 0 Å². The molecule has 0 unspecified atom stereocenters. The molecule has 0 saturated heterocycles. The van der Waals surface area contributed by atoms with Crippen LogP contribution in [0.1, 0.15) is 13.8 Å². The van der Waals surface area contributed by atoms with Crippen LogP contribution >= 0.6 is 0 Å². The van der Waals surface area contributed by atoms with E-state index in [-0.39, 0.29) is 110 Å². The van der Waals surface area contributed by atoms with Gasteiger partial charge < -0.3 is 46.5 Å². The van der Waals surface area contributed by atoms with Crippen molar-refractivity contribution in [2.45, 2.75) is 13.8 Å². The number of nitrogens with zero attached hydrogens (tertiary/aromatic N) is 2. The molecule has 0 fully saturated rings. The van der Waals surface area contributed by atoms with E-state index in [4.69, 9.17) is 0 Å². The van der Waals surface area contributed by atoms with Gasteiger partial charge in [0, 0.05) is 98.1 Å². The average molecular weight is 499 g/mol. The number of rotatable bonds is 4. The van der Waals surface area contributed by atoms with E-state index in [9.17, 15) is 10.8 Å². The van der Waals surface area contributed by atoms with E-state index < -0.39 is 0 Å². The smallest absolute Gasteiger partial charge is 0 e. The SMILES string of the molecule is C[C-]=CC=[C-]C1=CC=C([C-]=CC=[C-]C)C(=[N-])C1=[N-].[Y].[Y].[Y]. The van der Waals surface area contributed by atoms with Crippen molar-refractivity contribution in [3.05, 3.63) is 82.7 Å². The van der Waals surface area contributed by atoms with E-state index >= 15 is 0 Å². The van der Waals surface area contributed by atoms with Crippen molar-refractivity contribution < 1.29 is 98.1 Å². The molecule has 0 heterocycles. The Morgan fingerprint density at radius 2 is 1.05 bits per heavy atom. The van der Waals surface area contributed by atoms with Crippen molar-refractivity contribution in [3.8, 4) is 0 Å². The van der Waals surface area contributed by atoms with Gasteiger partial charge in [-0.05, 0) is 0 Å². The molecule has 1 rings (SSSR count). The molecule has 0 atom stereocenters. The fourth-order valence-electron chi connectivity index (χ4n) is 1.24. The second-order valence-corrected chi connectivity index (χ2v) is 3.39. The third-order valence-corrected chi connectivity index (χ3v) is 2.13. The molecule has 0 aromatic heterocycles. The minimum absolute atomic E-state index is 0. The molecule has 21 heavy (non-hydrogen) atoms. The van der Waals surface area contributed by atoms with Gasteiger partial charge in [-0.25, -0.2) is 23.3 Å². The van der Waals surface area contributed by atoms with Gasteiger partial charge in [0.15, 0.2) is 0 Å². The zero-order valence-electron chi connectivity index (χ0n) is 12.1. The van der Waals surface area contributed by atoms with Crippen LogP contribution in [0.4, 0.5) is 0 Å². The Labute approximate surface area is 203 Å². The van der Waals surface area contributed by atoms with E-state index in [2.05, 4.69) is 24.3 Å². The van der Waals surface area contributed by atoms with E-state index in [1.165, 1.54) is 0 Å². The Morgan fingerprint density at radius 3 is 1.33 bits per heavy atom. The molecule has 0 aromatic rings. The van der Waals surface area contributed by atoms with Crippen LogP contribution in [-0.2, 0) is 98.1 Å². The van der Waals surface area contributed by atoms with Crippen molar-refractivity contribution >= 4 is 11.4 Å². The maximum atomic E-state index is 9.79. The molecule has 0 saturated carbocycles. The zero-order valence-corrected chi connectivity index (χ0v) is 20.6. The quantitative estimate of drug-likeness (QED) is 0.324. The van der Waals surface area contributed by atoms with Crippen LogP contribution in [0.15, 0.2) is 47.6 Å². The summed E-state index contributed by atoms with van der Waals surface area (Å²) in [6.07, 6.45) is 21.2. The van der Waals surface area contributed by atoms with Gasteiger partial charge in [0.25, 0.3) is 0 Å². The fraction of sp³-hybridized carbons (Fsp3) is 0.125. The standard InChI is InChI=1S/C16H12N2.3Y/c1-3-5-7-9-13-11-12-14(10-8-6-4-2)16(18)15(13)17;;;/h5-8,11-12H,1-2H3;;;/q-6;;;. The van der Waals surface area contributed by atoms with Crippen molar-refractivity contribution in [1.29, 1.82) is 0 Å². The summed E-state index contributed by atoms with van der Waals surface area (Å²) in [5.74, 6) is 0. The molecular weight excluding hydrogens is 487 g/mol. The topological polar surface area (TPSA) is 44.6 Å². The van der Waals surface area contributed by atoms with Gasteiger partial charge in [-0.15, -0.1) is 13.8 Å². The van der Waals surface area contributed by atoms with Gasteiger partial charge in [0.2, 0.25) is 0 Å². The number of hydrogen-bond donors (Lipinski definition) is 0. The third kappa shape index (κ3) is 9.74. The van der Waals surface area contributed by atoms with Gasteiger partial charge in [-0.1, -0.05) is 0 Å². The van der Waals surface area contributed by atoms with Crippen molar-refractivity contribution in [3.63, 3.8) is 0 Å². The van der Waals surface area contributed by atoms with E-state index in [1.54, 1.807) is 50.3 Å². The monoisotopic (exact) mass is 499 g/mol. The summed E-state index contributed by atoms with van der Waals surface area (Å²) in [5.41, 5.74) is 0.418. The first-order chi connectivity index (χ1) is 8.70. The number of hydrogen-bond acceptors (Lipinski definition) is 0. The summed E-state index contributed by atoms with van der Waals surface area (Å²) in [6, 6.07) is 0. The van der Waals surface area contributed by atoms with E-state index in [1.807, 2.05) is 0 Å². The first-order valence-corrected chi connectivity index (χ1v) is 5.43. The van der Waals surface area contributed by atoms with Gasteiger partial charge in [-0.2, -0.15) is 12.2 Å². The minimum atomic E-state index is -0.210. The van der Waals surface area contributed by atoms with Crippen molar-refractivity contribution in [2.75, 3.05) is 0 Å². The Balaban J connectivity index is -0.00000108.